The van der Waals surface area contributed by atoms with E-state index in [2.05, 4.69) is 5.32 Å². The first-order valence-corrected chi connectivity index (χ1v) is 10.1. The molecule has 2 aliphatic rings. The van der Waals surface area contributed by atoms with Crippen LogP contribution in [0.2, 0.25) is 0 Å². The summed E-state index contributed by atoms with van der Waals surface area (Å²) in [6, 6.07) is 14.4. The minimum absolute atomic E-state index is 0.0191. The van der Waals surface area contributed by atoms with Gasteiger partial charge in [-0.2, -0.15) is 0 Å². The van der Waals surface area contributed by atoms with Crippen molar-refractivity contribution in [3.8, 4) is 5.75 Å². The molecule has 3 amide bonds. The van der Waals surface area contributed by atoms with Crippen LogP contribution in [0, 0.1) is 0 Å². The van der Waals surface area contributed by atoms with Crippen molar-refractivity contribution < 1.29 is 19.1 Å². The topological polar surface area (TPSA) is 79.0 Å². The monoisotopic (exact) mass is 407 g/mol. The van der Waals surface area contributed by atoms with Crippen molar-refractivity contribution in [3.05, 3.63) is 65.2 Å². The lowest BCUT2D eigenvalue weighted by Gasteiger charge is -2.36. The zero-order valence-electron chi connectivity index (χ0n) is 17.0. The summed E-state index contributed by atoms with van der Waals surface area (Å²) in [4.78, 5) is 40.7. The molecule has 2 aliphatic heterocycles. The molecular formula is C23H25N3O4. The van der Waals surface area contributed by atoms with E-state index < -0.39 is 0 Å². The predicted molar refractivity (Wildman–Crippen MR) is 111 cm³/mol. The first-order chi connectivity index (χ1) is 14.5. The molecule has 7 heteroatoms. The summed E-state index contributed by atoms with van der Waals surface area (Å²) >= 11 is 0. The van der Waals surface area contributed by atoms with E-state index in [1.807, 2.05) is 36.4 Å². The van der Waals surface area contributed by atoms with Gasteiger partial charge in [0.25, 0.3) is 5.91 Å². The fraction of sp³-hybridized carbons (Fsp3) is 0.348. The molecule has 1 atom stereocenters. The molecule has 0 saturated carbocycles. The van der Waals surface area contributed by atoms with Crippen LogP contribution in [0.15, 0.2) is 48.5 Å². The molecule has 4 rings (SSSR count). The number of ether oxygens (including phenoxy) is 1. The van der Waals surface area contributed by atoms with E-state index in [1.165, 1.54) is 0 Å². The summed E-state index contributed by atoms with van der Waals surface area (Å²) in [5, 5.41) is 2.90. The Morgan fingerprint density at radius 3 is 2.70 bits per heavy atom. The third-order valence-corrected chi connectivity index (χ3v) is 5.67. The quantitative estimate of drug-likeness (QED) is 0.794. The molecule has 0 spiro atoms. The average Bonchev–Trinajstić information content (AvgIpc) is 3.27. The molecule has 2 aromatic rings. The summed E-state index contributed by atoms with van der Waals surface area (Å²) in [6.45, 7) is 1.58. The highest BCUT2D eigenvalue weighted by molar-refractivity contribution is 5.95. The lowest BCUT2D eigenvalue weighted by Crippen LogP contribution is -2.56. The predicted octanol–water partition coefficient (Wildman–Crippen LogP) is 1.96. The van der Waals surface area contributed by atoms with Gasteiger partial charge in [0.05, 0.1) is 7.11 Å². The van der Waals surface area contributed by atoms with Crippen LogP contribution in [0.4, 0.5) is 0 Å². The number of nitrogens with one attached hydrogen (secondary N) is 1. The Kier molecular flexibility index (Phi) is 5.70. The normalized spacial score (nSPS) is 18.4. The molecule has 0 radical (unpaired) electrons. The zero-order chi connectivity index (χ0) is 21.1. The van der Waals surface area contributed by atoms with Crippen LogP contribution in [-0.2, 0) is 22.7 Å². The molecule has 2 saturated heterocycles. The van der Waals surface area contributed by atoms with Crippen LogP contribution in [0.5, 0.6) is 5.75 Å². The van der Waals surface area contributed by atoms with Gasteiger partial charge in [-0.1, -0.05) is 24.3 Å². The van der Waals surface area contributed by atoms with E-state index in [-0.39, 0.29) is 30.3 Å². The second-order valence-electron chi connectivity index (χ2n) is 7.67. The van der Waals surface area contributed by atoms with Gasteiger partial charge in [-0.15, -0.1) is 0 Å². The molecule has 7 nitrogen and oxygen atoms in total. The van der Waals surface area contributed by atoms with Crippen LogP contribution in [0.3, 0.4) is 0 Å². The number of hydrogen-bond donors (Lipinski definition) is 1. The number of piperazine rings is 1. The highest BCUT2D eigenvalue weighted by Crippen LogP contribution is 2.24. The number of hydrogen-bond acceptors (Lipinski definition) is 4. The molecule has 2 heterocycles. The van der Waals surface area contributed by atoms with Gasteiger partial charge < -0.3 is 19.9 Å². The molecule has 0 bridgehead atoms. The van der Waals surface area contributed by atoms with Gasteiger partial charge in [-0.3, -0.25) is 14.4 Å². The van der Waals surface area contributed by atoms with Crippen molar-refractivity contribution in [3.63, 3.8) is 0 Å². The highest BCUT2D eigenvalue weighted by Gasteiger charge is 2.41. The second kappa shape index (κ2) is 8.57. The zero-order valence-corrected chi connectivity index (χ0v) is 17.0. The average molecular weight is 407 g/mol. The Bertz CT molecular complexity index is 957. The smallest absolute Gasteiger partial charge is 0.251 e. The lowest BCUT2D eigenvalue weighted by molar-refractivity contribution is -0.154. The summed E-state index contributed by atoms with van der Waals surface area (Å²) in [5.41, 5.74) is 2.39. The van der Waals surface area contributed by atoms with E-state index in [4.69, 9.17) is 4.74 Å². The van der Waals surface area contributed by atoms with Gasteiger partial charge in [0.1, 0.15) is 18.3 Å². The van der Waals surface area contributed by atoms with Crippen molar-refractivity contribution >= 4 is 17.7 Å². The first-order valence-electron chi connectivity index (χ1n) is 10.1. The molecule has 0 aliphatic carbocycles. The van der Waals surface area contributed by atoms with Crippen molar-refractivity contribution in [2.24, 2.45) is 0 Å². The summed E-state index contributed by atoms with van der Waals surface area (Å²) < 4.78 is 5.19. The fourth-order valence-electron chi connectivity index (χ4n) is 4.05. The van der Waals surface area contributed by atoms with Crippen LogP contribution in [-0.4, -0.2) is 53.8 Å². The maximum Gasteiger partial charge on any atom is 0.251 e. The number of nitrogens with zero attached hydrogens (tertiary/aromatic N) is 2. The van der Waals surface area contributed by atoms with Crippen LogP contribution in [0.25, 0.3) is 0 Å². The Labute approximate surface area is 175 Å². The Hall–Kier alpha value is -3.35. The van der Waals surface area contributed by atoms with Crippen molar-refractivity contribution in [1.29, 1.82) is 0 Å². The second-order valence-corrected chi connectivity index (χ2v) is 7.67. The molecular weight excluding hydrogens is 382 g/mol. The number of methoxy groups -OCH3 is 1. The minimum Gasteiger partial charge on any atom is -0.497 e. The summed E-state index contributed by atoms with van der Waals surface area (Å²) in [7, 11) is 1.61. The minimum atomic E-state index is -0.298. The lowest BCUT2D eigenvalue weighted by atomic mass is 10.1. The van der Waals surface area contributed by atoms with Gasteiger partial charge in [-0.05, 0) is 48.2 Å². The van der Waals surface area contributed by atoms with Crippen LogP contribution >= 0.6 is 0 Å². The van der Waals surface area contributed by atoms with E-state index in [1.54, 1.807) is 29.0 Å². The van der Waals surface area contributed by atoms with E-state index >= 15 is 0 Å². The van der Waals surface area contributed by atoms with Gasteiger partial charge in [0, 0.05) is 25.2 Å². The third-order valence-electron chi connectivity index (χ3n) is 5.67. The fourth-order valence-corrected chi connectivity index (χ4v) is 4.05. The number of fused-ring (bicyclic) bond motifs is 1. The van der Waals surface area contributed by atoms with Crippen molar-refractivity contribution in [2.75, 3.05) is 20.2 Å². The van der Waals surface area contributed by atoms with Gasteiger partial charge in [0.15, 0.2) is 0 Å². The molecule has 0 aromatic heterocycles. The maximum absolute atomic E-state index is 12.7. The first kappa shape index (κ1) is 19.9. The highest BCUT2D eigenvalue weighted by atomic mass is 16.5. The van der Waals surface area contributed by atoms with Gasteiger partial charge >= 0.3 is 0 Å². The van der Waals surface area contributed by atoms with Crippen LogP contribution in [0.1, 0.15) is 34.3 Å². The molecule has 1 N–H and O–H groups in total. The van der Waals surface area contributed by atoms with Crippen molar-refractivity contribution in [2.45, 2.75) is 32.0 Å². The van der Waals surface area contributed by atoms with Crippen molar-refractivity contribution in [1.82, 2.24) is 15.1 Å². The number of amides is 3. The molecule has 2 aromatic carbocycles. The van der Waals surface area contributed by atoms with Gasteiger partial charge in [0.2, 0.25) is 11.8 Å². The Balaban J connectivity index is 1.35. The molecule has 0 unspecified atom stereocenters. The maximum atomic E-state index is 12.7. The summed E-state index contributed by atoms with van der Waals surface area (Å²) in [5.74, 6) is 0.616. The van der Waals surface area contributed by atoms with E-state index in [0.29, 0.717) is 25.2 Å². The number of carbonyl (C=O) groups excluding carboxylic acids is 3. The van der Waals surface area contributed by atoms with Crippen LogP contribution < -0.4 is 10.1 Å². The Morgan fingerprint density at radius 1 is 1.13 bits per heavy atom. The number of carbonyl (C=O) groups is 3. The number of rotatable bonds is 6. The Morgan fingerprint density at radius 2 is 1.93 bits per heavy atom. The van der Waals surface area contributed by atoms with Gasteiger partial charge in [-0.25, -0.2) is 0 Å². The molecule has 2 fully saturated rings. The van der Waals surface area contributed by atoms with E-state index in [0.717, 1.165) is 29.7 Å². The third kappa shape index (κ3) is 4.15. The SMILES string of the molecule is COc1cccc(CNC(=O)c2ccc(CN3CC(=O)N4CCC[C@H]4C3=O)cc2)c1. The largest absolute Gasteiger partial charge is 0.497 e. The summed E-state index contributed by atoms with van der Waals surface area (Å²) in [6.07, 6.45) is 1.63. The standard InChI is InChI=1S/C23H25N3O4/c1-30-19-5-2-4-17(12-19)13-24-22(28)18-9-7-16(8-10-18)14-25-15-21(27)26-11-3-6-20(26)23(25)29/h2,4-5,7-10,12,20H,3,6,11,13-15H2,1H3,(H,24,28)/t20-/m0/s1. The van der Waals surface area contributed by atoms with E-state index in [9.17, 15) is 14.4 Å². The molecule has 30 heavy (non-hydrogen) atoms. The number of benzene rings is 2. The molecule has 156 valence electrons.